The Balaban J connectivity index is 1.72. The monoisotopic (exact) mass is 442 g/mol. The molecule has 0 radical (unpaired) electrons. The Hall–Kier alpha value is -2.73. The van der Waals surface area contributed by atoms with E-state index in [1.54, 1.807) is 17.1 Å². The number of hydrogen-bond donors (Lipinski definition) is 2. The van der Waals surface area contributed by atoms with Crippen molar-refractivity contribution in [2.75, 3.05) is 24.7 Å². The van der Waals surface area contributed by atoms with Gasteiger partial charge in [0.25, 0.3) is 5.91 Å². The molecule has 1 aliphatic heterocycles. The SMILES string of the molecule is CC(C)CN(NC(=O)c1ccc(CN2CCC[C@@H]2CO)cc1)c1nc(C#N)ncc1Cl. The predicted octanol–water partition coefficient (Wildman–Crippen LogP) is 2.77. The lowest BCUT2D eigenvalue weighted by Crippen LogP contribution is -2.45. The van der Waals surface area contributed by atoms with E-state index in [1.165, 1.54) is 6.20 Å². The fraction of sp³-hybridized carbons (Fsp3) is 0.455. The number of anilines is 1. The molecule has 2 aromatic rings. The lowest BCUT2D eigenvalue weighted by Gasteiger charge is -2.26. The predicted molar refractivity (Wildman–Crippen MR) is 118 cm³/mol. The number of nitrogens with one attached hydrogen (secondary N) is 1. The molecule has 164 valence electrons. The van der Waals surface area contributed by atoms with Crippen LogP contribution in [0.3, 0.4) is 0 Å². The third-order valence-corrected chi connectivity index (χ3v) is 5.44. The summed E-state index contributed by atoms with van der Waals surface area (Å²) in [7, 11) is 0. The van der Waals surface area contributed by atoms with Crippen molar-refractivity contribution < 1.29 is 9.90 Å². The molecule has 1 aromatic heterocycles. The summed E-state index contributed by atoms with van der Waals surface area (Å²) in [6.07, 6.45) is 3.47. The molecule has 31 heavy (non-hydrogen) atoms. The topological polar surface area (TPSA) is 105 Å². The second kappa shape index (κ2) is 10.5. The van der Waals surface area contributed by atoms with Gasteiger partial charge in [0.15, 0.2) is 5.82 Å². The molecule has 1 atom stereocenters. The lowest BCUT2D eigenvalue weighted by molar-refractivity contribution is 0.0947. The number of aliphatic hydroxyl groups is 1. The molecule has 0 unspecified atom stereocenters. The Labute approximate surface area is 187 Å². The number of hydrazine groups is 1. The highest BCUT2D eigenvalue weighted by atomic mass is 35.5. The summed E-state index contributed by atoms with van der Waals surface area (Å²) in [6.45, 7) is 6.37. The number of nitriles is 1. The van der Waals surface area contributed by atoms with Crippen LogP contribution in [0, 0.1) is 17.2 Å². The van der Waals surface area contributed by atoms with E-state index in [9.17, 15) is 9.90 Å². The minimum Gasteiger partial charge on any atom is -0.395 e. The van der Waals surface area contributed by atoms with Crippen LogP contribution in [-0.4, -0.2) is 51.6 Å². The van der Waals surface area contributed by atoms with E-state index in [1.807, 2.05) is 32.0 Å². The van der Waals surface area contributed by atoms with Gasteiger partial charge >= 0.3 is 0 Å². The summed E-state index contributed by atoms with van der Waals surface area (Å²) in [5, 5.41) is 20.4. The third-order valence-electron chi connectivity index (χ3n) is 5.18. The van der Waals surface area contributed by atoms with Gasteiger partial charge in [-0.25, -0.2) is 4.98 Å². The van der Waals surface area contributed by atoms with Crippen LogP contribution in [-0.2, 0) is 6.54 Å². The first-order chi connectivity index (χ1) is 14.9. The van der Waals surface area contributed by atoms with Gasteiger partial charge in [-0.15, -0.1) is 0 Å². The van der Waals surface area contributed by atoms with E-state index in [0.29, 0.717) is 12.1 Å². The average Bonchev–Trinajstić information content (AvgIpc) is 3.21. The van der Waals surface area contributed by atoms with E-state index < -0.39 is 0 Å². The van der Waals surface area contributed by atoms with Crippen molar-refractivity contribution >= 4 is 23.3 Å². The first-order valence-electron chi connectivity index (χ1n) is 10.4. The van der Waals surface area contributed by atoms with Crippen molar-refractivity contribution in [3.05, 3.63) is 52.4 Å². The molecule has 1 aromatic carbocycles. The average molecular weight is 443 g/mol. The number of aromatic nitrogens is 2. The van der Waals surface area contributed by atoms with Crippen molar-refractivity contribution in [3.8, 4) is 6.07 Å². The van der Waals surface area contributed by atoms with Crippen LogP contribution in [0.25, 0.3) is 0 Å². The van der Waals surface area contributed by atoms with Crippen LogP contribution in [0.5, 0.6) is 0 Å². The van der Waals surface area contributed by atoms with Crippen molar-refractivity contribution in [1.82, 2.24) is 20.3 Å². The zero-order chi connectivity index (χ0) is 22.4. The maximum absolute atomic E-state index is 12.9. The number of carbonyl (C=O) groups is 1. The Morgan fingerprint density at radius 3 is 2.81 bits per heavy atom. The molecule has 0 spiro atoms. The number of hydrogen-bond acceptors (Lipinski definition) is 7. The van der Waals surface area contributed by atoms with Crippen LogP contribution < -0.4 is 10.4 Å². The second-order valence-corrected chi connectivity index (χ2v) is 8.48. The third kappa shape index (κ3) is 5.91. The Morgan fingerprint density at radius 1 is 1.42 bits per heavy atom. The molecule has 1 saturated heterocycles. The molecular weight excluding hydrogens is 416 g/mol. The van der Waals surface area contributed by atoms with E-state index in [4.69, 9.17) is 16.9 Å². The Bertz CT molecular complexity index is 944. The van der Waals surface area contributed by atoms with Gasteiger partial charge in [-0.05, 0) is 43.0 Å². The van der Waals surface area contributed by atoms with Crippen LogP contribution in [0.2, 0.25) is 5.02 Å². The minimum atomic E-state index is -0.296. The van der Waals surface area contributed by atoms with Crippen molar-refractivity contribution in [3.63, 3.8) is 0 Å². The molecule has 1 amide bonds. The van der Waals surface area contributed by atoms with Crippen molar-refractivity contribution in [1.29, 1.82) is 5.26 Å². The first kappa shape index (κ1) is 22.9. The molecule has 3 rings (SSSR count). The smallest absolute Gasteiger partial charge is 0.269 e. The van der Waals surface area contributed by atoms with Crippen molar-refractivity contribution in [2.24, 2.45) is 5.92 Å². The van der Waals surface area contributed by atoms with Gasteiger partial charge in [-0.3, -0.25) is 20.1 Å². The highest BCUT2D eigenvalue weighted by molar-refractivity contribution is 6.32. The molecule has 2 heterocycles. The number of aliphatic hydroxyl groups excluding tert-OH is 1. The van der Waals surface area contributed by atoms with Crippen molar-refractivity contribution in [2.45, 2.75) is 39.3 Å². The number of nitrogens with zero attached hydrogens (tertiary/aromatic N) is 5. The van der Waals surface area contributed by atoms with Gasteiger partial charge < -0.3 is 5.11 Å². The quantitative estimate of drug-likeness (QED) is 0.605. The molecule has 0 aliphatic carbocycles. The zero-order valence-electron chi connectivity index (χ0n) is 17.8. The van der Waals surface area contributed by atoms with E-state index in [-0.39, 0.29) is 41.1 Å². The van der Waals surface area contributed by atoms with Crippen LogP contribution in [0.1, 0.15) is 48.4 Å². The fourth-order valence-corrected chi connectivity index (χ4v) is 3.84. The highest BCUT2D eigenvalue weighted by Crippen LogP contribution is 2.23. The largest absolute Gasteiger partial charge is 0.395 e. The van der Waals surface area contributed by atoms with Gasteiger partial charge in [0.05, 0.1) is 12.8 Å². The van der Waals surface area contributed by atoms with Gasteiger partial charge in [-0.1, -0.05) is 37.6 Å². The van der Waals surface area contributed by atoms with E-state index >= 15 is 0 Å². The number of rotatable bonds is 8. The van der Waals surface area contributed by atoms with Gasteiger partial charge in [0.2, 0.25) is 5.82 Å². The maximum atomic E-state index is 12.9. The highest BCUT2D eigenvalue weighted by Gasteiger charge is 2.24. The first-order valence-corrected chi connectivity index (χ1v) is 10.7. The summed E-state index contributed by atoms with van der Waals surface area (Å²) < 4.78 is 0. The second-order valence-electron chi connectivity index (χ2n) is 8.07. The van der Waals surface area contributed by atoms with Crippen LogP contribution in [0.15, 0.2) is 30.5 Å². The lowest BCUT2D eigenvalue weighted by atomic mass is 10.1. The molecule has 0 bridgehead atoms. The summed E-state index contributed by atoms with van der Waals surface area (Å²) in [5.41, 5.74) is 4.44. The van der Waals surface area contributed by atoms with E-state index in [0.717, 1.165) is 31.5 Å². The van der Waals surface area contributed by atoms with Gasteiger partial charge in [0, 0.05) is 24.7 Å². The molecule has 0 saturated carbocycles. The van der Waals surface area contributed by atoms with Crippen LogP contribution >= 0.6 is 11.6 Å². The number of amides is 1. The number of halogens is 1. The zero-order valence-corrected chi connectivity index (χ0v) is 18.5. The van der Waals surface area contributed by atoms with Gasteiger partial charge in [0.1, 0.15) is 11.1 Å². The van der Waals surface area contributed by atoms with Gasteiger partial charge in [-0.2, -0.15) is 10.2 Å². The Kier molecular flexibility index (Phi) is 7.80. The maximum Gasteiger partial charge on any atom is 0.269 e. The molecule has 8 nitrogen and oxygen atoms in total. The summed E-state index contributed by atoms with van der Waals surface area (Å²) in [5.74, 6) is 0.180. The molecule has 9 heteroatoms. The summed E-state index contributed by atoms with van der Waals surface area (Å²) in [6, 6.07) is 9.53. The molecule has 1 fully saturated rings. The summed E-state index contributed by atoms with van der Waals surface area (Å²) >= 11 is 6.24. The molecular formula is C22H27ClN6O2. The summed E-state index contributed by atoms with van der Waals surface area (Å²) in [4.78, 5) is 23.2. The Morgan fingerprint density at radius 2 is 2.16 bits per heavy atom. The number of benzene rings is 1. The normalized spacial score (nSPS) is 16.3. The molecule has 2 N–H and O–H groups in total. The minimum absolute atomic E-state index is 0.0187. The molecule has 1 aliphatic rings. The number of likely N-dealkylation sites (tertiary alicyclic amines) is 1. The standard InChI is InChI=1S/C22H27ClN6O2/c1-15(2)12-29(21-19(23)11-25-20(10-24)26-21)27-22(31)17-7-5-16(6-8-17)13-28-9-3-4-18(28)14-30/h5-8,11,15,18,30H,3-4,9,12-14H2,1-2H3,(H,27,31)/t18-/m1/s1. The van der Waals surface area contributed by atoms with Crippen LogP contribution in [0.4, 0.5) is 5.82 Å². The number of carbonyl (C=O) groups excluding carboxylic acids is 1. The van der Waals surface area contributed by atoms with E-state index in [2.05, 4.69) is 20.3 Å². The fourth-order valence-electron chi connectivity index (χ4n) is 3.64.